The van der Waals surface area contributed by atoms with Crippen LogP contribution in [0.5, 0.6) is 5.75 Å². The number of hydrogen-bond acceptors (Lipinski definition) is 2. The maximum absolute atomic E-state index is 6.20. The zero-order valence-electron chi connectivity index (χ0n) is 9.56. The Balaban J connectivity index is 1.87. The molecule has 1 N–H and O–H groups in total. The molecule has 0 amide bonds. The predicted molar refractivity (Wildman–Crippen MR) is 71.9 cm³/mol. The fraction of sp³-hybridized carbons (Fsp3) is 0.0714. The highest BCUT2D eigenvalue weighted by Crippen LogP contribution is 2.27. The van der Waals surface area contributed by atoms with Gasteiger partial charge in [0.05, 0.1) is 11.2 Å². The maximum atomic E-state index is 6.20. The van der Waals surface area contributed by atoms with Crippen LogP contribution in [-0.2, 0) is 6.61 Å². The Morgan fingerprint density at radius 1 is 1.22 bits per heavy atom. The third-order valence-electron chi connectivity index (χ3n) is 2.77. The molecule has 0 bridgehead atoms. The summed E-state index contributed by atoms with van der Waals surface area (Å²) in [4.78, 5) is 7.19. The molecule has 0 aliphatic carbocycles. The maximum Gasteiger partial charge on any atom is 0.138 e. The lowest BCUT2D eigenvalue weighted by atomic mass is 10.2. The summed E-state index contributed by atoms with van der Waals surface area (Å²) in [5.41, 5.74) is 2.06. The second kappa shape index (κ2) is 4.70. The van der Waals surface area contributed by atoms with Gasteiger partial charge in [-0.25, -0.2) is 0 Å². The summed E-state index contributed by atoms with van der Waals surface area (Å²) in [6, 6.07) is 9.52. The summed E-state index contributed by atoms with van der Waals surface area (Å²) in [7, 11) is 0. The first kappa shape index (κ1) is 11.1. The summed E-state index contributed by atoms with van der Waals surface area (Å²) in [5, 5.41) is 1.75. The van der Waals surface area contributed by atoms with Crippen LogP contribution in [0.25, 0.3) is 10.9 Å². The molecule has 0 aliphatic rings. The number of H-pyrrole nitrogens is 1. The fourth-order valence-corrected chi connectivity index (χ4v) is 2.21. The van der Waals surface area contributed by atoms with Crippen molar-refractivity contribution in [2.75, 3.05) is 0 Å². The van der Waals surface area contributed by atoms with Gasteiger partial charge in [0.15, 0.2) is 0 Å². The van der Waals surface area contributed by atoms with E-state index in [0.29, 0.717) is 6.61 Å². The topological polar surface area (TPSA) is 37.9 Å². The summed E-state index contributed by atoms with van der Waals surface area (Å²) >= 11 is 6.20. The first-order valence-electron chi connectivity index (χ1n) is 5.62. The number of nitrogens with one attached hydrogen (secondary N) is 1. The smallest absolute Gasteiger partial charge is 0.138 e. The van der Waals surface area contributed by atoms with Crippen molar-refractivity contribution in [3.8, 4) is 5.75 Å². The van der Waals surface area contributed by atoms with Gasteiger partial charge in [-0.05, 0) is 24.3 Å². The van der Waals surface area contributed by atoms with Crippen molar-refractivity contribution in [3.63, 3.8) is 0 Å². The number of rotatable bonds is 3. The first-order valence-corrected chi connectivity index (χ1v) is 6.00. The van der Waals surface area contributed by atoms with E-state index in [0.717, 1.165) is 27.2 Å². The van der Waals surface area contributed by atoms with Crippen LogP contribution in [0.1, 0.15) is 5.56 Å². The van der Waals surface area contributed by atoms with Gasteiger partial charge < -0.3 is 9.72 Å². The minimum Gasteiger partial charge on any atom is -0.487 e. The van der Waals surface area contributed by atoms with E-state index >= 15 is 0 Å². The Labute approximate surface area is 109 Å². The van der Waals surface area contributed by atoms with Gasteiger partial charge in [0.2, 0.25) is 0 Å². The Hall–Kier alpha value is -2.00. The van der Waals surface area contributed by atoms with Crippen molar-refractivity contribution < 1.29 is 4.74 Å². The number of pyridine rings is 1. The second-order valence-corrected chi connectivity index (χ2v) is 4.36. The van der Waals surface area contributed by atoms with E-state index in [9.17, 15) is 0 Å². The zero-order chi connectivity index (χ0) is 12.4. The number of benzene rings is 1. The Bertz CT molecular complexity index is 664. The molecule has 2 aromatic heterocycles. The molecule has 0 radical (unpaired) electrons. The van der Waals surface area contributed by atoms with Gasteiger partial charge in [-0.3, -0.25) is 4.98 Å². The fourth-order valence-electron chi connectivity index (χ4n) is 1.92. The van der Waals surface area contributed by atoms with Crippen LogP contribution in [-0.4, -0.2) is 9.97 Å². The zero-order valence-corrected chi connectivity index (χ0v) is 10.3. The van der Waals surface area contributed by atoms with Crippen LogP contribution in [0.2, 0.25) is 5.02 Å². The Morgan fingerprint density at radius 2 is 2.17 bits per heavy atom. The second-order valence-electron chi connectivity index (χ2n) is 3.95. The number of aromatic nitrogens is 2. The molecular formula is C14H11ClN2O. The van der Waals surface area contributed by atoms with Gasteiger partial charge in [-0.1, -0.05) is 17.7 Å². The number of fused-ring (bicyclic) bond motifs is 1. The number of ether oxygens (including phenoxy) is 1. The molecule has 1 aromatic carbocycles. The lowest BCUT2D eigenvalue weighted by Gasteiger charge is -2.04. The summed E-state index contributed by atoms with van der Waals surface area (Å²) < 4.78 is 5.67. The van der Waals surface area contributed by atoms with E-state index < -0.39 is 0 Å². The minimum absolute atomic E-state index is 0.468. The first-order chi connectivity index (χ1) is 8.84. The molecule has 4 heteroatoms. The lowest BCUT2D eigenvalue weighted by Crippen LogP contribution is -1.94. The van der Waals surface area contributed by atoms with E-state index in [1.807, 2.05) is 36.5 Å². The summed E-state index contributed by atoms with van der Waals surface area (Å²) in [6.45, 7) is 0.468. The molecule has 3 aromatic rings. The van der Waals surface area contributed by atoms with Crippen LogP contribution in [0.3, 0.4) is 0 Å². The number of aromatic amines is 1. The van der Waals surface area contributed by atoms with Crippen LogP contribution < -0.4 is 4.74 Å². The SMILES string of the molecule is Clc1cccc2[nH]cc(COc3cccnc3)c12. The molecule has 90 valence electrons. The molecule has 0 spiro atoms. The van der Waals surface area contributed by atoms with Crippen LogP contribution >= 0.6 is 11.6 Å². The van der Waals surface area contributed by atoms with Crippen molar-refractivity contribution >= 4 is 22.5 Å². The summed E-state index contributed by atoms with van der Waals surface area (Å²) in [6.07, 6.45) is 5.33. The molecule has 0 saturated heterocycles. The van der Waals surface area contributed by atoms with Crippen molar-refractivity contribution in [1.29, 1.82) is 0 Å². The predicted octanol–water partition coefficient (Wildman–Crippen LogP) is 3.80. The highest BCUT2D eigenvalue weighted by molar-refractivity contribution is 6.35. The minimum atomic E-state index is 0.468. The molecule has 18 heavy (non-hydrogen) atoms. The number of hydrogen-bond donors (Lipinski definition) is 1. The van der Waals surface area contributed by atoms with Gasteiger partial charge in [0, 0.05) is 28.9 Å². The lowest BCUT2D eigenvalue weighted by molar-refractivity contribution is 0.306. The van der Waals surface area contributed by atoms with Gasteiger partial charge in [-0.15, -0.1) is 0 Å². The van der Waals surface area contributed by atoms with E-state index in [1.54, 1.807) is 12.4 Å². The van der Waals surface area contributed by atoms with Crippen LogP contribution in [0.4, 0.5) is 0 Å². The van der Waals surface area contributed by atoms with Crippen LogP contribution in [0, 0.1) is 0 Å². The summed E-state index contributed by atoms with van der Waals surface area (Å²) in [5.74, 6) is 0.749. The van der Waals surface area contributed by atoms with E-state index in [1.165, 1.54) is 0 Å². The quantitative estimate of drug-likeness (QED) is 0.776. The molecular weight excluding hydrogens is 248 g/mol. The Morgan fingerprint density at radius 3 is 3.00 bits per heavy atom. The molecule has 3 nitrogen and oxygen atoms in total. The number of halogens is 1. The molecule has 0 atom stereocenters. The van der Waals surface area contributed by atoms with Crippen molar-refractivity contribution in [2.45, 2.75) is 6.61 Å². The van der Waals surface area contributed by atoms with E-state index in [2.05, 4.69) is 9.97 Å². The Kier molecular flexibility index (Phi) is 2.90. The molecule has 3 rings (SSSR count). The van der Waals surface area contributed by atoms with Gasteiger partial charge >= 0.3 is 0 Å². The average Bonchev–Trinajstić information content (AvgIpc) is 2.82. The van der Waals surface area contributed by atoms with Gasteiger partial charge in [0.25, 0.3) is 0 Å². The highest BCUT2D eigenvalue weighted by Gasteiger charge is 2.07. The molecule has 0 saturated carbocycles. The molecule has 0 fully saturated rings. The third kappa shape index (κ3) is 2.05. The van der Waals surface area contributed by atoms with Crippen molar-refractivity contribution in [2.24, 2.45) is 0 Å². The van der Waals surface area contributed by atoms with Crippen molar-refractivity contribution in [3.05, 3.63) is 59.5 Å². The van der Waals surface area contributed by atoms with Crippen LogP contribution in [0.15, 0.2) is 48.9 Å². The van der Waals surface area contributed by atoms with Gasteiger partial charge in [0.1, 0.15) is 12.4 Å². The van der Waals surface area contributed by atoms with E-state index in [-0.39, 0.29) is 0 Å². The normalized spacial score (nSPS) is 10.7. The average molecular weight is 259 g/mol. The van der Waals surface area contributed by atoms with Gasteiger partial charge in [-0.2, -0.15) is 0 Å². The highest BCUT2D eigenvalue weighted by atomic mass is 35.5. The monoisotopic (exact) mass is 258 g/mol. The number of nitrogens with zero attached hydrogens (tertiary/aromatic N) is 1. The standard InChI is InChI=1S/C14H11ClN2O/c15-12-4-1-5-13-14(12)10(7-17-13)9-18-11-3-2-6-16-8-11/h1-8,17H,9H2. The molecule has 0 unspecified atom stereocenters. The molecule has 2 heterocycles. The van der Waals surface area contributed by atoms with Crippen molar-refractivity contribution in [1.82, 2.24) is 9.97 Å². The van der Waals surface area contributed by atoms with E-state index in [4.69, 9.17) is 16.3 Å². The largest absolute Gasteiger partial charge is 0.487 e. The third-order valence-corrected chi connectivity index (χ3v) is 3.08. The molecule has 0 aliphatic heterocycles.